The molecule has 0 radical (unpaired) electrons. The van der Waals surface area contributed by atoms with E-state index in [9.17, 15) is 10.1 Å². The van der Waals surface area contributed by atoms with Crippen LogP contribution >= 0.6 is 11.6 Å². The minimum absolute atomic E-state index is 0.0305. The third kappa shape index (κ3) is 3.88. The van der Waals surface area contributed by atoms with Crippen molar-refractivity contribution < 1.29 is 4.92 Å². The van der Waals surface area contributed by atoms with Crippen LogP contribution in [-0.2, 0) is 0 Å². The molecule has 1 aromatic rings. The summed E-state index contributed by atoms with van der Waals surface area (Å²) in [4.78, 5) is 10.5. The number of halogens is 1. The van der Waals surface area contributed by atoms with Gasteiger partial charge in [0.25, 0.3) is 5.69 Å². The van der Waals surface area contributed by atoms with Gasteiger partial charge in [0.15, 0.2) is 0 Å². The maximum absolute atomic E-state index is 10.9. The molecule has 116 valence electrons. The van der Waals surface area contributed by atoms with E-state index in [2.05, 4.69) is 26.1 Å². The molecule has 0 saturated heterocycles. The first kappa shape index (κ1) is 16.1. The van der Waals surface area contributed by atoms with E-state index in [1.807, 2.05) is 6.92 Å². The van der Waals surface area contributed by atoms with Crippen LogP contribution in [0.1, 0.15) is 45.6 Å². The van der Waals surface area contributed by atoms with Gasteiger partial charge in [0, 0.05) is 17.8 Å². The van der Waals surface area contributed by atoms with E-state index in [0.29, 0.717) is 17.4 Å². The molecule has 1 aliphatic rings. The highest BCUT2D eigenvalue weighted by Gasteiger charge is 2.32. The number of benzene rings is 1. The highest BCUT2D eigenvalue weighted by Crippen LogP contribution is 2.40. The minimum Gasteiger partial charge on any atom is -0.382 e. The lowest BCUT2D eigenvalue weighted by Crippen LogP contribution is -2.35. The Bertz CT molecular complexity index is 557. The van der Waals surface area contributed by atoms with Crippen LogP contribution in [0, 0.1) is 28.4 Å². The molecule has 0 aliphatic heterocycles. The zero-order valence-corrected chi connectivity index (χ0v) is 13.8. The Morgan fingerprint density at radius 3 is 2.62 bits per heavy atom. The highest BCUT2D eigenvalue weighted by molar-refractivity contribution is 6.33. The zero-order valence-electron chi connectivity index (χ0n) is 13.1. The molecule has 21 heavy (non-hydrogen) atoms. The first-order chi connectivity index (χ1) is 9.68. The fourth-order valence-corrected chi connectivity index (χ4v) is 3.87. The lowest BCUT2D eigenvalue weighted by Gasteiger charge is -2.39. The van der Waals surface area contributed by atoms with E-state index in [0.717, 1.165) is 24.1 Å². The van der Waals surface area contributed by atoms with Crippen molar-refractivity contribution in [3.63, 3.8) is 0 Å². The summed E-state index contributed by atoms with van der Waals surface area (Å²) in [5.74, 6) is 0.681. The number of aryl methyl sites for hydroxylation is 1. The Hall–Kier alpha value is -1.29. The quantitative estimate of drug-likeness (QED) is 0.618. The molecule has 2 rings (SSSR count). The largest absolute Gasteiger partial charge is 0.382 e. The zero-order chi connectivity index (χ0) is 15.8. The first-order valence-electron chi connectivity index (χ1n) is 7.39. The van der Waals surface area contributed by atoms with Crippen LogP contribution in [0.3, 0.4) is 0 Å². The number of anilines is 1. The summed E-state index contributed by atoms with van der Waals surface area (Å²) >= 11 is 6.02. The van der Waals surface area contributed by atoms with Crippen molar-refractivity contribution in [2.75, 3.05) is 5.32 Å². The number of nitro groups is 1. The summed E-state index contributed by atoms with van der Waals surface area (Å²) in [6.07, 6.45) is 3.47. The van der Waals surface area contributed by atoms with Crippen LogP contribution in [0.15, 0.2) is 12.1 Å². The Kier molecular flexibility index (Phi) is 4.47. The van der Waals surface area contributed by atoms with Gasteiger partial charge >= 0.3 is 0 Å². The van der Waals surface area contributed by atoms with Gasteiger partial charge in [0.05, 0.1) is 4.92 Å². The molecule has 0 spiro atoms. The van der Waals surface area contributed by atoms with Gasteiger partial charge in [0.2, 0.25) is 0 Å². The second kappa shape index (κ2) is 5.84. The molecule has 1 fully saturated rings. The molecule has 1 aromatic carbocycles. The standard InChI is InChI=1S/C16H23ClN2O2/c1-10-5-12(9-16(3,4)8-10)18-14-7-13(17)15(19(20)21)6-11(14)2/h6-7,10,12,18H,5,8-9H2,1-4H3. The fourth-order valence-electron chi connectivity index (χ4n) is 3.64. The molecule has 4 nitrogen and oxygen atoms in total. The number of rotatable bonds is 3. The third-order valence-electron chi connectivity index (χ3n) is 4.24. The van der Waals surface area contributed by atoms with Gasteiger partial charge < -0.3 is 5.32 Å². The lowest BCUT2D eigenvalue weighted by molar-refractivity contribution is -0.384. The van der Waals surface area contributed by atoms with E-state index < -0.39 is 4.92 Å². The second-order valence-electron chi connectivity index (χ2n) is 7.13. The summed E-state index contributed by atoms with van der Waals surface area (Å²) in [6.45, 7) is 8.76. The molecule has 0 bridgehead atoms. The molecular formula is C16H23ClN2O2. The van der Waals surface area contributed by atoms with Gasteiger partial charge in [-0.05, 0) is 49.1 Å². The maximum atomic E-state index is 10.9. The first-order valence-corrected chi connectivity index (χ1v) is 7.77. The lowest BCUT2D eigenvalue weighted by atomic mass is 9.70. The summed E-state index contributed by atoms with van der Waals surface area (Å²) in [7, 11) is 0. The van der Waals surface area contributed by atoms with E-state index >= 15 is 0 Å². The molecule has 1 aliphatic carbocycles. The number of nitrogens with one attached hydrogen (secondary N) is 1. The summed E-state index contributed by atoms with van der Waals surface area (Å²) in [6, 6.07) is 3.61. The van der Waals surface area contributed by atoms with Crippen LogP contribution < -0.4 is 5.32 Å². The summed E-state index contributed by atoms with van der Waals surface area (Å²) in [5.41, 5.74) is 2.06. The van der Waals surface area contributed by atoms with Gasteiger partial charge in [-0.1, -0.05) is 32.4 Å². The van der Waals surface area contributed by atoms with Crippen LogP contribution in [0.5, 0.6) is 0 Å². The molecule has 1 saturated carbocycles. The van der Waals surface area contributed by atoms with E-state index in [1.165, 1.54) is 6.42 Å². The maximum Gasteiger partial charge on any atom is 0.288 e. The smallest absolute Gasteiger partial charge is 0.288 e. The van der Waals surface area contributed by atoms with Crippen molar-refractivity contribution in [2.45, 2.75) is 53.0 Å². The van der Waals surface area contributed by atoms with Crippen LogP contribution in [0.2, 0.25) is 5.02 Å². The Labute approximate surface area is 131 Å². The van der Waals surface area contributed by atoms with Crippen molar-refractivity contribution in [1.29, 1.82) is 0 Å². The molecule has 0 aromatic heterocycles. The molecule has 2 unspecified atom stereocenters. The van der Waals surface area contributed by atoms with Crippen molar-refractivity contribution in [1.82, 2.24) is 0 Å². The van der Waals surface area contributed by atoms with Gasteiger partial charge in [-0.15, -0.1) is 0 Å². The van der Waals surface area contributed by atoms with Crippen molar-refractivity contribution in [3.8, 4) is 0 Å². The third-order valence-corrected chi connectivity index (χ3v) is 4.54. The topological polar surface area (TPSA) is 55.2 Å². The van der Waals surface area contributed by atoms with Gasteiger partial charge in [0.1, 0.15) is 5.02 Å². The normalized spacial score (nSPS) is 24.6. The van der Waals surface area contributed by atoms with Gasteiger partial charge in [-0.3, -0.25) is 10.1 Å². The average molecular weight is 311 g/mol. The number of hydrogen-bond acceptors (Lipinski definition) is 3. The van der Waals surface area contributed by atoms with Crippen molar-refractivity contribution in [2.24, 2.45) is 11.3 Å². The number of nitro benzene ring substituents is 1. The predicted molar refractivity (Wildman–Crippen MR) is 87.1 cm³/mol. The van der Waals surface area contributed by atoms with Crippen LogP contribution in [0.25, 0.3) is 0 Å². The molecule has 1 N–H and O–H groups in total. The number of hydrogen-bond donors (Lipinski definition) is 1. The molecular weight excluding hydrogens is 288 g/mol. The van der Waals surface area contributed by atoms with E-state index in [4.69, 9.17) is 11.6 Å². The molecule has 5 heteroatoms. The number of nitrogens with zero attached hydrogens (tertiary/aromatic N) is 1. The SMILES string of the molecule is Cc1cc([N+](=O)[O-])c(Cl)cc1NC1CC(C)CC(C)(C)C1. The Morgan fingerprint density at radius 2 is 2.05 bits per heavy atom. The second-order valence-corrected chi connectivity index (χ2v) is 7.54. The molecule has 0 amide bonds. The summed E-state index contributed by atoms with van der Waals surface area (Å²) in [5, 5.41) is 14.6. The minimum atomic E-state index is -0.440. The highest BCUT2D eigenvalue weighted by atomic mass is 35.5. The van der Waals surface area contributed by atoms with Crippen molar-refractivity contribution >= 4 is 23.0 Å². The van der Waals surface area contributed by atoms with Gasteiger partial charge in [-0.2, -0.15) is 0 Å². The summed E-state index contributed by atoms with van der Waals surface area (Å²) < 4.78 is 0. The monoisotopic (exact) mass is 310 g/mol. The average Bonchev–Trinajstić information content (AvgIpc) is 2.30. The van der Waals surface area contributed by atoms with Crippen LogP contribution in [-0.4, -0.2) is 11.0 Å². The Morgan fingerprint density at radius 1 is 1.38 bits per heavy atom. The van der Waals surface area contributed by atoms with Gasteiger partial charge in [-0.25, -0.2) is 0 Å². The Balaban J connectivity index is 2.20. The fraction of sp³-hybridized carbons (Fsp3) is 0.625. The molecule has 0 heterocycles. The van der Waals surface area contributed by atoms with E-state index in [1.54, 1.807) is 12.1 Å². The van der Waals surface area contributed by atoms with E-state index in [-0.39, 0.29) is 10.7 Å². The van der Waals surface area contributed by atoms with Crippen LogP contribution in [0.4, 0.5) is 11.4 Å². The van der Waals surface area contributed by atoms with Crippen molar-refractivity contribution in [3.05, 3.63) is 32.8 Å². The molecule has 2 atom stereocenters. The predicted octanol–water partition coefficient (Wildman–Crippen LogP) is 5.18.